The number of fused-ring (bicyclic) bond motifs is 1. The average molecular weight is 408 g/mol. The van der Waals surface area contributed by atoms with Gasteiger partial charge in [-0.05, 0) is 19.3 Å². The average Bonchev–Trinajstić information content (AvgIpc) is 2.84. The van der Waals surface area contributed by atoms with Crippen LogP contribution in [0.4, 0.5) is 10.6 Å². The van der Waals surface area contributed by atoms with Gasteiger partial charge in [0.25, 0.3) is 0 Å². The van der Waals surface area contributed by atoms with Crippen LogP contribution in [0.25, 0.3) is 11.4 Å². The Morgan fingerprint density at radius 3 is 2.40 bits per heavy atom. The number of benzene rings is 1. The van der Waals surface area contributed by atoms with E-state index in [0.29, 0.717) is 39.4 Å². The van der Waals surface area contributed by atoms with Crippen LogP contribution >= 0.6 is 0 Å². The second kappa shape index (κ2) is 8.60. The SMILES string of the molecule is O=C(N1CCOCC1)N1CCc2nc(-c3ccccc3)nc(N3CCCCC3)c2C1. The minimum Gasteiger partial charge on any atom is -0.378 e. The third-order valence-electron chi connectivity index (χ3n) is 6.28. The zero-order valence-electron chi connectivity index (χ0n) is 17.4. The molecule has 2 amide bonds. The van der Waals surface area contributed by atoms with Crippen LogP contribution in [0.2, 0.25) is 0 Å². The Balaban J connectivity index is 1.48. The quantitative estimate of drug-likeness (QED) is 0.766. The van der Waals surface area contributed by atoms with E-state index in [0.717, 1.165) is 48.0 Å². The second-order valence-electron chi connectivity index (χ2n) is 8.26. The molecule has 30 heavy (non-hydrogen) atoms. The maximum absolute atomic E-state index is 13.1. The van der Waals surface area contributed by atoms with Crippen LogP contribution in [0.3, 0.4) is 0 Å². The largest absolute Gasteiger partial charge is 0.378 e. The van der Waals surface area contributed by atoms with Gasteiger partial charge >= 0.3 is 6.03 Å². The highest BCUT2D eigenvalue weighted by Gasteiger charge is 2.31. The van der Waals surface area contributed by atoms with Crippen molar-refractivity contribution in [2.75, 3.05) is 50.8 Å². The zero-order chi connectivity index (χ0) is 20.3. The van der Waals surface area contributed by atoms with E-state index in [1.165, 1.54) is 19.3 Å². The van der Waals surface area contributed by atoms with E-state index in [1.807, 2.05) is 28.0 Å². The number of carbonyl (C=O) groups is 1. The van der Waals surface area contributed by atoms with Crippen LogP contribution < -0.4 is 4.90 Å². The molecule has 2 fully saturated rings. The zero-order valence-corrected chi connectivity index (χ0v) is 17.4. The van der Waals surface area contributed by atoms with Crippen LogP contribution in [0, 0.1) is 0 Å². The van der Waals surface area contributed by atoms with Crippen LogP contribution in [-0.2, 0) is 17.7 Å². The molecule has 2 aromatic rings. The van der Waals surface area contributed by atoms with Crippen molar-refractivity contribution in [3.63, 3.8) is 0 Å². The molecule has 7 heteroatoms. The molecule has 2 saturated heterocycles. The maximum Gasteiger partial charge on any atom is 0.320 e. The fourth-order valence-corrected chi connectivity index (χ4v) is 4.60. The lowest BCUT2D eigenvalue weighted by Crippen LogP contribution is -2.49. The van der Waals surface area contributed by atoms with Gasteiger partial charge in [0, 0.05) is 50.3 Å². The molecule has 4 heterocycles. The first-order chi connectivity index (χ1) is 14.8. The first-order valence-electron chi connectivity index (χ1n) is 11.1. The van der Waals surface area contributed by atoms with Crippen molar-refractivity contribution in [2.45, 2.75) is 32.2 Å². The van der Waals surface area contributed by atoms with E-state index in [4.69, 9.17) is 14.7 Å². The van der Waals surface area contributed by atoms with Crippen molar-refractivity contribution in [3.8, 4) is 11.4 Å². The summed E-state index contributed by atoms with van der Waals surface area (Å²) in [5.41, 5.74) is 3.27. The van der Waals surface area contributed by atoms with Gasteiger partial charge in [-0.1, -0.05) is 30.3 Å². The lowest BCUT2D eigenvalue weighted by molar-refractivity contribution is 0.0421. The molecule has 0 bridgehead atoms. The Hall–Kier alpha value is -2.67. The normalized spacial score (nSPS) is 19.5. The molecule has 5 rings (SSSR count). The predicted octanol–water partition coefficient (Wildman–Crippen LogP) is 2.94. The van der Waals surface area contributed by atoms with Crippen LogP contribution in [-0.4, -0.2) is 71.7 Å². The summed E-state index contributed by atoms with van der Waals surface area (Å²) in [6.45, 7) is 5.93. The smallest absolute Gasteiger partial charge is 0.320 e. The molecule has 158 valence electrons. The molecule has 0 saturated carbocycles. The standard InChI is InChI=1S/C23H29N5O2/c29-23(27-13-15-30-16-14-27)28-12-9-20-19(17-28)22(26-10-5-2-6-11-26)25-21(24-20)18-7-3-1-4-8-18/h1,3-4,7-8H,2,5-6,9-17H2. The molecule has 0 atom stereocenters. The molecule has 3 aliphatic heterocycles. The Labute approximate surface area is 177 Å². The van der Waals surface area contributed by atoms with Gasteiger partial charge in [-0.3, -0.25) is 0 Å². The number of anilines is 1. The van der Waals surface area contributed by atoms with Gasteiger partial charge in [0.05, 0.1) is 25.5 Å². The number of amides is 2. The van der Waals surface area contributed by atoms with E-state index in [1.54, 1.807) is 0 Å². The van der Waals surface area contributed by atoms with E-state index in [-0.39, 0.29) is 6.03 Å². The third kappa shape index (κ3) is 3.86. The second-order valence-corrected chi connectivity index (χ2v) is 8.26. The van der Waals surface area contributed by atoms with E-state index in [2.05, 4.69) is 17.0 Å². The summed E-state index contributed by atoms with van der Waals surface area (Å²) in [5, 5.41) is 0. The molecule has 3 aliphatic rings. The molecule has 0 radical (unpaired) electrons. The molecule has 0 unspecified atom stereocenters. The van der Waals surface area contributed by atoms with Crippen LogP contribution in [0.15, 0.2) is 30.3 Å². The van der Waals surface area contributed by atoms with Crippen molar-refractivity contribution in [1.29, 1.82) is 0 Å². The molecular formula is C23H29N5O2. The van der Waals surface area contributed by atoms with Gasteiger partial charge in [-0.25, -0.2) is 14.8 Å². The minimum absolute atomic E-state index is 0.112. The summed E-state index contributed by atoms with van der Waals surface area (Å²) in [5.74, 6) is 1.82. The Bertz CT molecular complexity index is 892. The molecule has 7 nitrogen and oxygen atoms in total. The van der Waals surface area contributed by atoms with Crippen LogP contribution in [0.1, 0.15) is 30.5 Å². The van der Waals surface area contributed by atoms with E-state index in [9.17, 15) is 4.79 Å². The number of nitrogens with zero attached hydrogens (tertiary/aromatic N) is 5. The minimum atomic E-state index is 0.112. The third-order valence-corrected chi connectivity index (χ3v) is 6.28. The van der Waals surface area contributed by atoms with Crippen molar-refractivity contribution in [3.05, 3.63) is 41.6 Å². The van der Waals surface area contributed by atoms with E-state index >= 15 is 0 Å². The first kappa shape index (κ1) is 19.3. The summed E-state index contributed by atoms with van der Waals surface area (Å²) in [6, 6.07) is 10.3. The Morgan fingerprint density at radius 2 is 1.63 bits per heavy atom. The van der Waals surface area contributed by atoms with Gasteiger partial charge in [0.2, 0.25) is 0 Å². The highest BCUT2D eigenvalue weighted by Crippen LogP contribution is 2.31. The highest BCUT2D eigenvalue weighted by atomic mass is 16.5. The number of hydrogen-bond acceptors (Lipinski definition) is 5. The summed E-state index contributed by atoms with van der Waals surface area (Å²) in [7, 11) is 0. The lowest BCUT2D eigenvalue weighted by atomic mass is 10.0. The van der Waals surface area contributed by atoms with Gasteiger partial charge in [0.1, 0.15) is 5.82 Å². The summed E-state index contributed by atoms with van der Waals surface area (Å²) >= 11 is 0. The maximum atomic E-state index is 13.1. The lowest BCUT2D eigenvalue weighted by Gasteiger charge is -2.37. The number of piperidine rings is 1. The van der Waals surface area contributed by atoms with Crippen molar-refractivity contribution in [2.24, 2.45) is 0 Å². The topological polar surface area (TPSA) is 61.8 Å². The fourth-order valence-electron chi connectivity index (χ4n) is 4.60. The predicted molar refractivity (Wildman–Crippen MR) is 115 cm³/mol. The van der Waals surface area contributed by atoms with Gasteiger partial charge in [-0.2, -0.15) is 0 Å². The Kier molecular flexibility index (Phi) is 5.53. The summed E-state index contributed by atoms with van der Waals surface area (Å²) in [4.78, 5) is 29.3. The molecule has 0 spiro atoms. The number of morpholine rings is 1. The van der Waals surface area contributed by atoms with Crippen molar-refractivity contribution in [1.82, 2.24) is 19.8 Å². The number of hydrogen-bond donors (Lipinski definition) is 0. The van der Waals surface area contributed by atoms with Crippen molar-refractivity contribution < 1.29 is 9.53 Å². The van der Waals surface area contributed by atoms with E-state index < -0.39 is 0 Å². The summed E-state index contributed by atoms with van der Waals surface area (Å²) in [6.07, 6.45) is 4.43. The number of aromatic nitrogens is 2. The molecule has 0 N–H and O–H groups in total. The fraction of sp³-hybridized carbons (Fsp3) is 0.522. The van der Waals surface area contributed by atoms with Gasteiger partial charge < -0.3 is 19.4 Å². The molecule has 0 aliphatic carbocycles. The highest BCUT2D eigenvalue weighted by molar-refractivity contribution is 5.75. The van der Waals surface area contributed by atoms with Crippen molar-refractivity contribution >= 4 is 11.8 Å². The summed E-state index contributed by atoms with van der Waals surface area (Å²) < 4.78 is 5.41. The Morgan fingerprint density at radius 1 is 0.867 bits per heavy atom. The monoisotopic (exact) mass is 407 g/mol. The van der Waals surface area contributed by atoms with Crippen LogP contribution in [0.5, 0.6) is 0 Å². The first-order valence-corrected chi connectivity index (χ1v) is 11.1. The number of urea groups is 1. The number of ether oxygens (including phenoxy) is 1. The molecule has 1 aromatic carbocycles. The van der Waals surface area contributed by atoms with Gasteiger partial charge in [-0.15, -0.1) is 0 Å². The molecule has 1 aromatic heterocycles. The molecular weight excluding hydrogens is 378 g/mol. The van der Waals surface area contributed by atoms with Gasteiger partial charge in [0.15, 0.2) is 5.82 Å². The number of rotatable bonds is 2. The number of carbonyl (C=O) groups excluding carboxylic acids is 1.